The molecule has 3 unspecified atom stereocenters. The van der Waals surface area contributed by atoms with E-state index in [4.69, 9.17) is 26.8 Å². The molecule has 4 nitrogen and oxygen atoms in total. The van der Waals surface area contributed by atoms with Gasteiger partial charge in [-0.3, -0.25) is 0 Å². The van der Waals surface area contributed by atoms with Crippen LogP contribution in [0.4, 0.5) is 5.69 Å². The van der Waals surface area contributed by atoms with Gasteiger partial charge in [0.25, 0.3) is 0 Å². The third-order valence-corrected chi connectivity index (χ3v) is 3.96. The second-order valence-electron chi connectivity index (χ2n) is 4.95. The molecule has 5 heteroatoms. The van der Waals surface area contributed by atoms with E-state index in [2.05, 4.69) is 4.90 Å². The number of hydrogen-bond donors (Lipinski definition) is 1. The third kappa shape index (κ3) is 3.03. The summed E-state index contributed by atoms with van der Waals surface area (Å²) in [5, 5.41) is 0.724. The SMILES string of the molecule is COC1CN(c2ccc(C(C)N)cc2Cl)CC1OC. The molecule has 1 fully saturated rings. The summed E-state index contributed by atoms with van der Waals surface area (Å²) in [5.74, 6) is 0. The fraction of sp³-hybridized carbons (Fsp3) is 0.571. The summed E-state index contributed by atoms with van der Waals surface area (Å²) in [6.07, 6.45) is 0.156. The molecular weight excluding hydrogens is 264 g/mol. The molecule has 106 valence electrons. The average molecular weight is 285 g/mol. The molecule has 0 saturated carbocycles. The minimum Gasteiger partial charge on any atom is -0.377 e. The fourth-order valence-corrected chi connectivity index (χ4v) is 2.76. The monoisotopic (exact) mass is 284 g/mol. The average Bonchev–Trinajstić information content (AvgIpc) is 2.81. The Morgan fingerprint density at radius 1 is 1.26 bits per heavy atom. The van der Waals surface area contributed by atoms with Gasteiger partial charge in [-0.2, -0.15) is 0 Å². The Balaban J connectivity index is 2.19. The Hall–Kier alpha value is -0.810. The number of ether oxygens (including phenoxy) is 2. The van der Waals surface area contributed by atoms with Crippen molar-refractivity contribution in [2.45, 2.75) is 25.2 Å². The van der Waals surface area contributed by atoms with Crippen molar-refractivity contribution in [1.82, 2.24) is 0 Å². The molecule has 0 spiro atoms. The van der Waals surface area contributed by atoms with E-state index in [1.165, 1.54) is 0 Å². The number of rotatable bonds is 4. The number of nitrogens with two attached hydrogens (primary N) is 1. The Labute approximate surface area is 119 Å². The van der Waals surface area contributed by atoms with Gasteiger partial charge in [0.1, 0.15) is 12.2 Å². The summed E-state index contributed by atoms with van der Waals surface area (Å²) in [7, 11) is 3.42. The quantitative estimate of drug-likeness (QED) is 0.921. The maximum absolute atomic E-state index is 6.36. The van der Waals surface area contributed by atoms with Crippen LogP contribution in [0.2, 0.25) is 5.02 Å². The predicted octanol–water partition coefficient (Wildman–Crippen LogP) is 2.21. The molecule has 2 N–H and O–H groups in total. The van der Waals surface area contributed by atoms with Crippen molar-refractivity contribution in [3.05, 3.63) is 28.8 Å². The van der Waals surface area contributed by atoms with Crippen LogP contribution >= 0.6 is 11.6 Å². The highest BCUT2D eigenvalue weighted by Gasteiger charge is 2.33. The van der Waals surface area contributed by atoms with Crippen molar-refractivity contribution in [3.63, 3.8) is 0 Å². The number of nitrogens with zero attached hydrogens (tertiary/aromatic N) is 1. The lowest BCUT2D eigenvalue weighted by atomic mass is 10.1. The van der Waals surface area contributed by atoms with Crippen molar-refractivity contribution in [1.29, 1.82) is 0 Å². The second-order valence-corrected chi connectivity index (χ2v) is 5.36. The van der Waals surface area contributed by atoms with Crippen molar-refractivity contribution in [2.24, 2.45) is 5.73 Å². The Bertz CT molecular complexity index is 427. The number of benzene rings is 1. The summed E-state index contributed by atoms with van der Waals surface area (Å²) in [6.45, 7) is 3.52. The van der Waals surface area contributed by atoms with Gasteiger partial charge in [0.2, 0.25) is 0 Å². The molecule has 3 atom stereocenters. The van der Waals surface area contributed by atoms with Crippen LogP contribution in [0.5, 0.6) is 0 Å². The molecule has 1 heterocycles. The van der Waals surface area contributed by atoms with Gasteiger partial charge in [-0.1, -0.05) is 17.7 Å². The maximum Gasteiger partial charge on any atom is 0.102 e. The number of halogens is 1. The Morgan fingerprint density at radius 3 is 2.26 bits per heavy atom. The Morgan fingerprint density at radius 2 is 1.84 bits per heavy atom. The minimum atomic E-state index is -0.0106. The van der Waals surface area contributed by atoms with Gasteiger partial charge in [0.05, 0.1) is 10.7 Å². The van der Waals surface area contributed by atoms with Crippen LogP contribution in [0, 0.1) is 0 Å². The number of anilines is 1. The lowest BCUT2D eigenvalue weighted by Gasteiger charge is -2.20. The van der Waals surface area contributed by atoms with Gasteiger partial charge in [-0.05, 0) is 24.6 Å². The van der Waals surface area contributed by atoms with Crippen LogP contribution in [-0.4, -0.2) is 39.5 Å². The van der Waals surface area contributed by atoms with Crippen LogP contribution in [0.25, 0.3) is 0 Å². The highest BCUT2D eigenvalue weighted by molar-refractivity contribution is 6.33. The topological polar surface area (TPSA) is 47.7 Å². The molecule has 1 aromatic carbocycles. The molecule has 0 amide bonds. The van der Waals surface area contributed by atoms with Gasteiger partial charge in [0.15, 0.2) is 0 Å². The van der Waals surface area contributed by atoms with E-state index in [1.807, 2.05) is 25.1 Å². The molecule has 1 aliphatic rings. The van der Waals surface area contributed by atoms with E-state index in [0.717, 1.165) is 29.4 Å². The van der Waals surface area contributed by atoms with Gasteiger partial charge < -0.3 is 20.1 Å². The summed E-state index contributed by atoms with van der Waals surface area (Å²) < 4.78 is 10.9. The smallest absolute Gasteiger partial charge is 0.102 e. The van der Waals surface area contributed by atoms with Crippen LogP contribution in [0.3, 0.4) is 0 Å². The lowest BCUT2D eigenvalue weighted by Crippen LogP contribution is -2.27. The standard InChI is InChI=1S/C14H21ClN2O2/c1-9(16)10-4-5-12(11(15)6-10)17-7-13(18-2)14(8-17)19-3/h4-6,9,13-14H,7-8,16H2,1-3H3. The zero-order chi connectivity index (χ0) is 14.0. The molecule has 19 heavy (non-hydrogen) atoms. The van der Waals surface area contributed by atoms with Gasteiger partial charge in [-0.15, -0.1) is 0 Å². The molecule has 0 bridgehead atoms. The second kappa shape index (κ2) is 6.09. The molecule has 2 rings (SSSR count). The highest BCUT2D eigenvalue weighted by atomic mass is 35.5. The van der Waals surface area contributed by atoms with Gasteiger partial charge >= 0.3 is 0 Å². The summed E-state index contributed by atoms with van der Waals surface area (Å²) in [6, 6.07) is 5.96. The number of methoxy groups -OCH3 is 2. The summed E-state index contributed by atoms with van der Waals surface area (Å²) in [5.41, 5.74) is 7.91. The largest absolute Gasteiger partial charge is 0.377 e. The minimum absolute atomic E-state index is 0.0106. The first-order valence-electron chi connectivity index (χ1n) is 6.42. The zero-order valence-electron chi connectivity index (χ0n) is 11.6. The van der Waals surface area contributed by atoms with Crippen LogP contribution in [0.15, 0.2) is 18.2 Å². The fourth-order valence-electron chi connectivity index (χ4n) is 2.46. The lowest BCUT2D eigenvalue weighted by molar-refractivity contribution is -0.00461. The van der Waals surface area contributed by atoms with Crippen LogP contribution in [0.1, 0.15) is 18.5 Å². The zero-order valence-corrected chi connectivity index (χ0v) is 12.4. The van der Waals surface area contributed by atoms with E-state index >= 15 is 0 Å². The van der Waals surface area contributed by atoms with E-state index in [-0.39, 0.29) is 18.2 Å². The molecule has 0 aromatic heterocycles. The van der Waals surface area contributed by atoms with Crippen LogP contribution in [-0.2, 0) is 9.47 Å². The molecule has 1 saturated heterocycles. The van der Waals surface area contributed by atoms with Crippen molar-refractivity contribution in [2.75, 3.05) is 32.2 Å². The van der Waals surface area contributed by atoms with E-state index in [1.54, 1.807) is 14.2 Å². The maximum atomic E-state index is 6.36. The first-order chi connectivity index (χ1) is 9.06. The van der Waals surface area contributed by atoms with Gasteiger partial charge in [0, 0.05) is 33.4 Å². The summed E-state index contributed by atoms with van der Waals surface area (Å²) in [4.78, 5) is 2.19. The van der Waals surface area contributed by atoms with Gasteiger partial charge in [-0.25, -0.2) is 0 Å². The van der Waals surface area contributed by atoms with Crippen molar-refractivity contribution in [3.8, 4) is 0 Å². The summed E-state index contributed by atoms with van der Waals surface area (Å²) >= 11 is 6.36. The van der Waals surface area contributed by atoms with Crippen molar-refractivity contribution < 1.29 is 9.47 Å². The molecule has 1 aliphatic heterocycles. The third-order valence-electron chi connectivity index (χ3n) is 3.66. The van der Waals surface area contributed by atoms with E-state index in [9.17, 15) is 0 Å². The predicted molar refractivity (Wildman–Crippen MR) is 77.9 cm³/mol. The highest BCUT2D eigenvalue weighted by Crippen LogP contribution is 2.32. The van der Waals surface area contributed by atoms with E-state index in [0.29, 0.717) is 0 Å². The number of hydrogen-bond acceptors (Lipinski definition) is 4. The Kier molecular flexibility index (Phi) is 4.68. The normalized spacial score (nSPS) is 24.8. The van der Waals surface area contributed by atoms with Crippen LogP contribution < -0.4 is 10.6 Å². The first-order valence-corrected chi connectivity index (χ1v) is 6.80. The molecule has 0 aliphatic carbocycles. The molecule has 0 radical (unpaired) electrons. The molecule has 1 aromatic rings. The van der Waals surface area contributed by atoms with E-state index < -0.39 is 0 Å². The van der Waals surface area contributed by atoms with Crippen molar-refractivity contribution >= 4 is 17.3 Å². The first kappa shape index (κ1) is 14.6. The molecular formula is C14H21ClN2O2.